The normalized spacial score (nSPS) is 12.5. The van der Waals surface area contributed by atoms with Crippen molar-refractivity contribution in [3.05, 3.63) is 24.3 Å². The zero-order valence-corrected chi connectivity index (χ0v) is 49.2. The van der Waals surface area contributed by atoms with Gasteiger partial charge >= 0.3 is 0 Å². The Kier molecular flexibility index (Phi) is 70.7. The number of carbonyl (C=O) groups is 10. The molecule has 8 amide bonds. The number of imide groups is 2. The van der Waals surface area contributed by atoms with Crippen LogP contribution in [0.1, 0.15) is 116 Å². The molecule has 0 saturated carbocycles. The molecule has 0 aromatic carbocycles. The number of ether oxygens (including phenoxy) is 4. The molecular weight excluding hydrogens is 1150 g/mol. The molecule has 6 N–H and O–H groups in total. The van der Waals surface area contributed by atoms with E-state index < -0.39 is 23.6 Å². The standard InChI is InChI=1S/2C20H30N3O7PS.C2H7N.C2H6.4CH4.P2S2/c2*1-15(20(28)31-32)4-2-3-8-21-17(25)14-30-13-12-29-11-9-22-16(24)7-10-23-18(26)5-6-19(23)27;1-2-3;1-2;;;;;3-1-2-4/h2*5-6,15H,2-4,7-14H2,1H3,(H,21,25)(H,22,24);2-3H2,1H3;1-2H3;4*1H4;. The lowest BCUT2D eigenvalue weighted by Crippen LogP contribution is -2.35. The van der Waals surface area contributed by atoms with Crippen molar-refractivity contribution in [2.75, 3.05) is 98.7 Å². The Balaban J connectivity index is -0.000000211. The van der Waals surface area contributed by atoms with E-state index in [0.717, 1.165) is 69.0 Å². The largest absolute Gasteiger partial charge is 0.377 e. The first-order valence-corrected chi connectivity index (χ1v) is 31.9. The van der Waals surface area contributed by atoms with Crippen molar-refractivity contribution in [2.45, 2.75) is 116 Å². The van der Waals surface area contributed by atoms with E-state index in [-0.39, 0.29) is 168 Å². The number of hydrogen-bond donors (Lipinski definition) is 5. The fourth-order valence-corrected chi connectivity index (χ4v) is 7.03. The molecule has 0 radical (unpaired) electrons. The smallest absolute Gasteiger partial charge is 0.253 e. The highest BCUT2D eigenvalue weighted by molar-refractivity contribution is 8.40. The van der Waals surface area contributed by atoms with Gasteiger partial charge in [0.15, 0.2) is 11.0 Å². The van der Waals surface area contributed by atoms with Crippen LogP contribution in [0.2, 0.25) is 0 Å². The van der Waals surface area contributed by atoms with Gasteiger partial charge in [-0.25, -0.2) is 0 Å². The predicted octanol–water partition coefficient (Wildman–Crippen LogP) is 5.87. The van der Waals surface area contributed by atoms with Crippen molar-refractivity contribution in [1.82, 2.24) is 31.1 Å². The fourth-order valence-electron chi connectivity index (χ4n) is 5.34. The van der Waals surface area contributed by atoms with Crippen LogP contribution >= 0.6 is 28.8 Å². The average molecular weight is 1240 g/mol. The van der Waals surface area contributed by atoms with Crippen LogP contribution in [0, 0.1) is 11.8 Å². The van der Waals surface area contributed by atoms with Gasteiger partial charge in [-0.15, -0.1) is 0 Å². The van der Waals surface area contributed by atoms with E-state index in [0.29, 0.717) is 27.8 Å². The maximum atomic E-state index is 11.7. The highest BCUT2D eigenvalue weighted by atomic mass is 32.7. The number of rotatable bonds is 37. The van der Waals surface area contributed by atoms with Crippen LogP contribution < -0.4 is 27.0 Å². The van der Waals surface area contributed by atoms with E-state index in [4.69, 9.17) is 48.3 Å². The van der Waals surface area contributed by atoms with Gasteiger partial charge in [-0.1, -0.05) is 77.2 Å². The molecule has 29 heteroatoms. The Morgan fingerprint density at radius 2 is 0.792 bits per heavy atom. The highest BCUT2D eigenvalue weighted by Crippen LogP contribution is 2.16. The van der Waals surface area contributed by atoms with Crippen molar-refractivity contribution in [3.63, 3.8) is 0 Å². The molecular formula is C48H89N7O14P4S4. The van der Waals surface area contributed by atoms with Crippen molar-refractivity contribution >= 4 is 134 Å². The Morgan fingerprint density at radius 1 is 0.506 bits per heavy atom. The third-order valence-electron chi connectivity index (χ3n) is 9.10. The number of carbonyl (C=O) groups excluding carboxylic acids is 10. The maximum absolute atomic E-state index is 11.7. The minimum absolute atomic E-state index is 0. The zero-order chi connectivity index (χ0) is 55.7. The minimum atomic E-state index is -0.411. The molecule has 21 nitrogen and oxygen atoms in total. The van der Waals surface area contributed by atoms with Gasteiger partial charge in [-0.05, 0) is 79.5 Å². The molecule has 444 valence electrons. The highest BCUT2D eigenvalue weighted by Gasteiger charge is 2.24. The van der Waals surface area contributed by atoms with Gasteiger partial charge < -0.3 is 45.9 Å². The summed E-state index contributed by atoms with van der Waals surface area (Å²) in [6.45, 7) is 13.6. The molecule has 0 spiro atoms. The van der Waals surface area contributed by atoms with Crippen LogP contribution in [0.3, 0.4) is 0 Å². The molecule has 2 aliphatic heterocycles. The average Bonchev–Trinajstić information content (AvgIpc) is 3.89. The SMILES string of the molecule is C.C.C.C.CC.CC(CCCCNC(=O)COCCOCCNC(=O)CCN1C(=O)C=CC1=O)C(=O)P=S.CC(CCCCNC(=O)COCCOCCNC(=O)CCN1C(=O)C=CC1=O)C(=O)P=S.CCN.S=PP=S. The van der Waals surface area contributed by atoms with Crippen molar-refractivity contribution < 1.29 is 66.9 Å². The second-order valence-corrected chi connectivity index (χ2v) is 21.4. The van der Waals surface area contributed by atoms with Gasteiger partial charge in [-0.2, -0.15) is 0 Å². The summed E-state index contributed by atoms with van der Waals surface area (Å²) in [4.78, 5) is 117. The third kappa shape index (κ3) is 52.0. The van der Waals surface area contributed by atoms with Crippen LogP contribution in [0.25, 0.3) is 0 Å². The summed E-state index contributed by atoms with van der Waals surface area (Å²) in [6, 6.07) is 0. The summed E-state index contributed by atoms with van der Waals surface area (Å²) in [5.74, 6) is -2.71. The van der Waals surface area contributed by atoms with E-state index in [2.05, 4.69) is 44.9 Å². The monoisotopic (exact) mass is 1240 g/mol. The lowest BCUT2D eigenvalue weighted by Gasteiger charge is -2.13. The van der Waals surface area contributed by atoms with Gasteiger partial charge in [0.2, 0.25) is 23.6 Å². The summed E-state index contributed by atoms with van der Waals surface area (Å²) in [6.07, 6.45) is 9.56. The van der Waals surface area contributed by atoms with Gasteiger partial charge in [0, 0.05) is 102 Å². The fraction of sp³-hybridized carbons (Fsp3) is 0.708. The topological polar surface area (TPSA) is 288 Å². The van der Waals surface area contributed by atoms with E-state index in [1.807, 2.05) is 34.6 Å². The lowest BCUT2D eigenvalue weighted by molar-refractivity contribution is -0.139. The quantitative estimate of drug-likeness (QED) is 0.0276. The van der Waals surface area contributed by atoms with Crippen LogP contribution in [0.4, 0.5) is 0 Å². The summed E-state index contributed by atoms with van der Waals surface area (Å²) >= 11 is 18.2. The Morgan fingerprint density at radius 3 is 1.08 bits per heavy atom. The van der Waals surface area contributed by atoms with Gasteiger partial charge in [0.05, 0.1) is 54.4 Å². The lowest BCUT2D eigenvalue weighted by atomic mass is 10.1. The summed E-state index contributed by atoms with van der Waals surface area (Å²) < 4.78 is 21.1. The predicted molar refractivity (Wildman–Crippen MR) is 322 cm³/mol. The van der Waals surface area contributed by atoms with E-state index >= 15 is 0 Å². The van der Waals surface area contributed by atoms with E-state index in [1.54, 1.807) is 0 Å². The van der Waals surface area contributed by atoms with Gasteiger partial charge in [0.1, 0.15) is 13.2 Å². The molecule has 2 rings (SSSR count). The Labute approximate surface area is 485 Å². The second-order valence-electron chi connectivity index (χ2n) is 14.8. The molecule has 2 unspecified atom stereocenters. The number of unbranched alkanes of at least 4 members (excludes halogenated alkanes) is 2. The van der Waals surface area contributed by atoms with Crippen LogP contribution in [-0.2, 0) is 114 Å². The maximum Gasteiger partial charge on any atom is 0.253 e. The first-order chi connectivity index (χ1) is 35.0. The molecule has 0 fully saturated rings. The third-order valence-corrected chi connectivity index (χ3v) is 14.1. The number of nitrogens with one attached hydrogen (secondary N) is 4. The molecule has 0 aromatic rings. The number of nitrogens with two attached hydrogens (primary N) is 1. The first-order valence-electron chi connectivity index (χ1n) is 23.6. The number of hydrogen-bond acceptors (Lipinski definition) is 19. The number of nitrogens with zero attached hydrogens (tertiary/aromatic N) is 2. The molecule has 2 atom stereocenters. The zero-order valence-electron chi connectivity index (χ0n) is 42.3. The van der Waals surface area contributed by atoms with Crippen molar-refractivity contribution in [1.29, 1.82) is 0 Å². The van der Waals surface area contributed by atoms with Crippen molar-refractivity contribution in [3.8, 4) is 0 Å². The molecule has 2 heterocycles. The van der Waals surface area contributed by atoms with E-state index in [1.165, 1.54) is 24.3 Å². The number of amides is 8. The van der Waals surface area contributed by atoms with Gasteiger partial charge in [0.25, 0.3) is 23.6 Å². The van der Waals surface area contributed by atoms with E-state index in [9.17, 15) is 47.9 Å². The summed E-state index contributed by atoms with van der Waals surface area (Å²) in [7, 11) is 2.49. The Hall–Kier alpha value is -3.14. The molecule has 77 heavy (non-hydrogen) atoms. The van der Waals surface area contributed by atoms with Crippen molar-refractivity contribution in [2.24, 2.45) is 17.6 Å². The van der Waals surface area contributed by atoms with Crippen LogP contribution in [-0.4, -0.2) is 167 Å². The molecule has 0 saturated heterocycles. The minimum Gasteiger partial charge on any atom is -0.377 e. The summed E-state index contributed by atoms with van der Waals surface area (Å²) in [5, 5.41) is 10.8. The van der Waals surface area contributed by atoms with Crippen LogP contribution in [0.5, 0.6) is 0 Å². The first kappa shape index (κ1) is 87.7. The molecule has 2 aliphatic rings. The van der Waals surface area contributed by atoms with Crippen LogP contribution in [0.15, 0.2) is 24.3 Å². The van der Waals surface area contributed by atoms with Gasteiger partial charge in [-0.3, -0.25) is 57.7 Å². The summed E-state index contributed by atoms with van der Waals surface area (Å²) in [5.41, 5.74) is 4.97. The molecule has 0 aliphatic carbocycles. The molecule has 0 bridgehead atoms. The molecule has 0 aromatic heterocycles. The Bertz CT molecular complexity index is 1650. The second kappa shape index (κ2) is 62.1.